The molecule has 1 saturated heterocycles. The highest BCUT2D eigenvalue weighted by Gasteiger charge is 2.23. The number of halogens is 2. The number of aryl methyl sites for hydroxylation is 1. The molecule has 2 aromatic heterocycles. The molecule has 0 saturated carbocycles. The van der Waals surface area contributed by atoms with Gasteiger partial charge in [0, 0.05) is 38.7 Å². The second-order valence-corrected chi connectivity index (χ2v) is 6.46. The fraction of sp³-hybridized carbons (Fsp3) is 0.333. The number of rotatable bonds is 3. The molecule has 1 fully saturated rings. The van der Waals surface area contributed by atoms with Gasteiger partial charge < -0.3 is 15.1 Å². The Balaban J connectivity index is 1.41. The highest BCUT2D eigenvalue weighted by Crippen LogP contribution is 2.18. The molecule has 10 heteroatoms. The second kappa shape index (κ2) is 7.37. The monoisotopic (exact) mass is 387 g/mol. The number of hydrogen-bond acceptors (Lipinski definition) is 5. The van der Waals surface area contributed by atoms with Crippen molar-refractivity contribution in [2.24, 2.45) is 0 Å². The Kier molecular flexibility index (Phi) is 4.76. The summed E-state index contributed by atoms with van der Waals surface area (Å²) in [7, 11) is 0. The zero-order valence-electron chi connectivity index (χ0n) is 15.3. The lowest BCUT2D eigenvalue weighted by molar-refractivity contribution is 0.208. The van der Waals surface area contributed by atoms with Gasteiger partial charge in [0.1, 0.15) is 17.5 Å². The summed E-state index contributed by atoms with van der Waals surface area (Å²) in [5.74, 6) is 0.278. The molecule has 28 heavy (non-hydrogen) atoms. The third-order valence-electron chi connectivity index (χ3n) is 4.69. The van der Waals surface area contributed by atoms with E-state index in [0.717, 1.165) is 36.3 Å². The van der Waals surface area contributed by atoms with E-state index in [9.17, 15) is 13.6 Å². The number of nitrogens with zero attached hydrogens (tertiary/aromatic N) is 6. The number of anilines is 2. The van der Waals surface area contributed by atoms with E-state index in [4.69, 9.17) is 0 Å². The first-order chi connectivity index (χ1) is 13.5. The van der Waals surface area contributed by atoms with E-state index >= 15 is 0 Å². The van der Waals surface area contributed by atoms with Crippen LogP contribution in [0, 0.1) is 11.6 Å². The van der Waals surface area contributed by atoms with Gasteiger partial charge in [-0.25, -0.2) is 13.6 Å². The number of piperazine rings is 1. The van der Waals surface area contributed by atoms with Gasteiger partial charge in [0.25, 0.3) is 0 Å². The van der Waals surface area contributed by atoms with Crippen LogP contribution >= 0.6 is 0 Å². The van der Waals surface area contributed by atoms with E-state index in [2.05, 4.69) is 25.5 Å². The SMILES string of the molecule is CCc1nnc2ccc(N3CCN(C(=O)Nc4cc(F)ccc4F)CC3)nn12. The van der Waals surface area contributed by atoms with E-state index in [-0.39, 0.29) is 5.69 Å². The molecule has 0 aliphatic carbocycles. The number of aromatic nitrogens is 4. The quantitative estimate of drug-likeness (QED) is 0.746. The first-order valence-electron chi connectivity index (χ1n) is 9.02. The number of amides is 2. The van der Waals surface area contributed by atoms with E-state index in [0.29, 0.717) is 31.8 Å². The van der Waals surface area contributed by atoms with Gasteiger partial charge in [-0.05, 0) is 24.3 Å². The zero-order chi connectivity index (χ0) is 19.7. The lowest BCUT2D eigenvalue weighted by Crippen LogP contribution is -2.50. The van der Waals surface area contributed by atoms with Crippen molar-refractivity contribution < 1.29 is 13.6 Å². The summed E-state index contributed by atoms with van der Waals surface area (Å²) in [6.07, 6.45) is 0.724. The fourth-order valence-electron chi connectivity index (χ4n) is 3.14. The third kappa shape index (κ3) is 3.45. The second-order valence-electron chi connectivity index (χ2n) is 6.46. The smallest absolute Gasteiger partial charge is 0.322 e. The topological polar surface area (TPSA) is 78.7 Å². The van der Waals surface area contributed by atoms with Crippen molar-refractivity contribution in [1.82, 2.24) is 24.7 Å². The van der Waals surface area contributed by atoms with E-state index in [1.54, 1.807) is 9.42 Å². The van der Waals surface area contributed by atoms with Crippen LogP contribution in [0.3, 0.4) is 0 Å². The van der Waals surface area contributed by atoms with Gasteiger partial charge in [0.15, 0.2) is 11.5 Å². The highest BCUT2D eigenvalue weighted by atomic mass is 19.1. The fourth-order valence-corrected chi connectivity index (χ4v) is 3.14. The van der Waals surface area contributed by atoms with Gasteiger partial charge in [0.05, 0.1) is 5.69 Å². The first kappa shape index (κ1) is 18.1. The Morgan fingerprint density at radius 2 is 1.89 bits per heavy atom. The molecule has 2 amide bonds. The van der Waals surface area contributed by atoms with Crippen LogP contribution in [-0.4, -0.2) is 56.9 Å². The van der Waals surface area contributed by atoms with Gasteiger partial charge in [-0.3, -0.25) is 0 Å². The van der Waals surface area contributed by atoms with Crippen LogP contribution in [0.5, 0.6) is 0 Å². The molecule has 8 nitrogen and oxygen atoms in total. The molecule has 0 unspecified atom stereocenters. The molecular formula is C18H19F2N7O. The van der Waals surface area contributed by atoms with Crippen molar-refractivity contribution in [3.8, 4) is 0 Å². The molecule has 0 spiro atoms. The highest BCUT2D eigenvalue weighted by molar-refractivity contribution is 5.89. The minimum Gasteiger partial charge on any atom is -0.352 e. The number of urea groups is 1. The van der Waals surface area contributed by atoms with Gasteiger partial charge in [-0.15, -0.1) is 15.3 Å². The molecule has 1 N–H and O–H groups in total. The molecule has 0 radical (unpaired) electrons. The average Bonchev–Trinajstić information content (AvgIpc) is 3.13. The van der Waals surface area contributed by atoms with Crippen LogP contribution in [0.15, 0.2) is 30.3 Å². The molecule has 1 aliphatic rings. The van der Waals surface area contributed by atoms with Gasteiger partial charge >= 0.3 is 6.03 Å². The minimum absolute atomic E-state index is 0.167. The molecular weight excluding hydrogens is 368 g/mol. The van der Waals surface area contributed by atoms with Crippen molar-refractivity contribution in [3.63, 3.8) is 0 Å². The summed E-state index contributed by atoms with van der Waals surface area (Å²) >= 11 is 0. The Labute approximate surface area is 159 Å². The maximum Gasteiger partial charge on any atom is 0.322 e. The average molecular weight is 387 g/mol. The van der Waals surface area contributed by atoms with Crippen molar-refractivity contribution in [2.45, 2.75) is 13.3 Å². The van der Waals surface area contributed by atoms with Crippen LogP contribution in [0.1, 0.15) is 12.7 Å². The van der Waals surface area contributed by atoms with Crippen molar-refractivity contribution in [1.29, 1.82) is 0 Å². The molecule has 3 aromatic rings. The Morgan fingerprint density at radius 3 is 2.64 bits per heavy atom. The first-order valence-corrected chi connectivity index (χ1v) is 9.02. The van der Waals surface area contributed by atoms with Crippen LogP contribution < -0.4 is 10.2 Å². The van der Waals surface area contributed by atoms with Crippen LogP contribution in [-0.2, 0) is 6.42 Å². The largest absolute Gasteiger partial charge is 0.352 e. The lowest BCUT2D eigenvalue weighted by Gasteiger charge is -2.35. The van der Waals surface area contributed by atoms with Crippen molar-refractivity contribution >= 4 is 23.2 Å². The predicted molar refractivity (Wildman–Crippen MR) is 99.3 cm³/mol. The minimum atomic E-state index is -0.674. The number of carbonyl (C=O) groups excluding carboxylic acids is 1. The third-order valence-corrected chi connectivity index (χ3v) is 4.69. The van der Waals surface area contributed by atoms with Crippen molar-refractivity contribution in [3.05, 3.63) is 47.8 Å². The molecule has 1 aliphatic heterocycles. The summed E-state index contributed by atoms with van der Waals surface area (Å²) in [6, 6.07) is 6.24. The van der Waals surface area contributed by atoms with Gasteiger partial charge in [-0.2, -0.15) is 4.52 Å². The Morgan fingerprint density at radius 1 is 1.11 bits per heavy atom. The maximum atomic E-state index is 13.7. The van der Waals surface area contributed by atoms with Gasteiger partial charge in [0.2, 0.25) is 0 Å². The summed E-state index contributed by atoms with van der Waals surface area (Å²) in [5.41, 5.74) is 0.523. The van der Waals surface area contributed by atoms with E-state index < -0.39 is 17.7 Å². The summed E-state index contributed by atoms with van der Waals surface area (Å²) in [5, 5.41) is 15.2. The standard InChI is InChI=1S/C18H19F2N7O/c1-2-15-22-23-16-5-6-17(24-27(15)16)25-7-9-26(10-8-25)18(28)21-14-11-12(19)3-4-13(14)20/h3-6,11H,2,7-10H2,1H3,(H,21,28). The lowest BCUT2D eigenvalue weighted by atomic mass is 10.3. The molecule has 1 aromatic carbocycles. The number of hydrogen-bond donors (Lipinski definition) is 1. The summed E-state index contributed by atoms with van der Waals surface area (Å²) in [6.45, 7) is 4.00. The van der Waals surface area contributed by atoms with Gasteiger partial charge in [-0.1, -0.05) is 6.92 Å². The number of carbonyl (C=O) groups is 1. The Bertz CT molecular complexity index is 1010. The zero-order valence-corrected chi connectivity index (χ0v) is 15.3. The van der Waals surface area contributed by atoms with E-state index in [1.807, 2.05) is 19.1 Å². The molecule has 3 heterocycles. The summed E-state index contributed by atoms with van der Waals surface area (Å²) < 4.78 is 28.7. The number of nitrogens with one attached hydrogen (secondary N) is 1. The number of benzene rings is 1. The van der Waals surface area contributed by atoms with Crippen molar-refractivity contribution in [2.75, 3.05) is 36.4 Å². The molecule has 0 bridgehead atoms. The maximum absolute atomic E-state index is 13.7. The van der Waals surface area contributed by atoms with Crippen LogP contribution in [0.25, 0.3) is 5.65 Å². The predicted octanol–water partition coefficient (Wildman–Crippen LogP) is 2.32. The molecule has 146 valence electrons. The molecule has 0 atom stereocenters. The summed E-state index contributed by atoms with van der Waals surface area (Å²) in [4.78, 5) is 16.0. The number of fused-ring (bicyclic) bond motifs is 1. The Hall–Kier alpha value is -3.30. The van der Waals surface area contributed by atoms with E-state index in [1.165, 1.54) is 0 Å². The normalized spacial score (nSPS) is 14.5. The molecule has 4 rings (SSSR count). The van der Waals surface area contributed by atoms with Crippen LogP contribution in [0.4, 0.5) is 25.1 Å². The van der Waals surface area contributed by atoms with Crippen LogP contribution in [0.2, 0.25) is 0 Å².